The van der Waals surface area contributed by atoms with Gasteiger partial charge in [0.15, 0.2) is 6.10 Å². The minimum absolute atomic E-state index is 0.182. The summed E-state index contributed by atoms with van der Waals surface area (Å²) < 4.78 is 5.38. The number of ether oxygens (including phenoxy) is 1. The molecule has 2 aromatic carbocycles. The summed E-state index contributed by atoms with van der Waals surface area (Å²) in [4.78, 5) is 38.8. The van der Waals surface area contributed by atoms with Gasteiger partial charge in [0.25, 0.3) is 5.91 Å². The molecule has 7 nitrogen and oxygen atoms in total. The Balaban J connectivity index is 1.44. The first-order valence-electron chi connectivity index (χ1n) is 10.1. The molecule has 1 fully saturated rings. The number of nitrogens with zero attached hydrogens (tertiary/aromatic N) is 1. The maximum atomic E-state index is 12.5. The smallest absolute Gasteiger partial charge is 0.321 e. The molecule has 30 heavy (non-hydrogen) atoms. The van der Waals surface area contributed by atoms with E-state index in [1.807, 2.05) is 55.5 Å². The van der Waals surface area contributed by atoms with E-state index < -0.39 is 12.1 Å². The van der Waals surface area contributed by atoms with Gasteiger partial charge in [0.2, 0.25) is 0 Å². The number of esters is 1. The number of hydrogen-bond donors (Lipinski definition) is 2. The van der Waals surface area contributed by atoms with Crippen LogP contribution in [0.2, 0.25) is 0 Å². The molecule has 0 bridgehead atoms. The van der Waals surface area contributed by atoms with Gasteiger partial charge in [-0.05, 0) is 56.5 Å². The number of urea groups is 1. The second-order valence-corrected chi connectivity index (χ2v) is 7.50. The average Bonchev–Trinajstić information content (AvgIpc) is 2.74. The number of rotatable bonds is 5. The van der Waals surface area contributed by atoms with Crippen molar-refractivity contribution in [3.8, 4) is 0 Å². The molecule has 7 heteroatoms. The second-order valence-electron chi connectivity index (χ2n) is 7.50. The van der Waals surface area contributed by atoms with E-state index in [1.54, 1.807) is 17.9 Å². The number of likely N-dealkylation sites (tertiary alicyclic amines) is 1. The summed E-state index contributed by atoms with van der Waals surface area (Å²) in [6.45, 7) is 4.42. The van der Waals surface area contributed by atoms with Crippen molar-refractivity contribution in [2.45, 2.75) is 32.8 Å². The molecular formula is C23H27N3O4. The quantitative estimate of drug-likeness (QED) is 0.735. The van der Waals surface area contributed by atoms with E-state index in [9.17, 15) is 14.4 Å². The molecule has 1 aliphatic rings. The Labute approximate surface area is 176 Å². The van der Waals surface area contributed by atoms with Crippen LogP contribution in [0.3, 0.4) is 0 Å². The number of amides is 3. The van der Waals surface area contributed by atoms with Gasteiger partial charge in [-0.15, -0.1) is 0 Å². The van der Waals surface area contributed by atoms with Crippen LogP contribution in [0.1, 0.15) is 25.3 Å². The van der Waals surface area contributed by atoms with Crippen LogP contribution < -0.4 is 10.6 Å². The third-order valence-corrected chi connectivity index (χ3v) is 5.09. The molecule has 1 heterocycles. The molecule has 1 atom stereocenters. The van der Waals surface area contributed by atoms with Gasteiger partial charge in [0.05, 0.1) is 5.92 Å². The summed E-state index contributed by atoms with van der Waals surface area (Å²) >= 11 is 0. The Hall–Kier alpha value is -3.35. The summed E-state index contributed by atoms with van der Waals surface area (Å²) in [5.41, 5.74) is 2.43. The van der Waals surface area contributed by atoms with Crippen LogP contribution in [-0.2, 0) is 14.3 Å². The van der Waals surface area contributed by atoms with Crippen molar-refractivity contribution in [1.29, 1.82) is 0 Å². The third kappa shape index (κ3) is 5.83. The fraction of sp³-hybridized carbons (Fsp3) is 0.348. The van der Waals surface area contributed by atoms with Crippen molar-refractivity contribution in [3.05, 3.63) is 60.2 Å². The van der Waals surface area contributed by atoms with Gasteiger partial charge in [-0.1, -0.05) is 30.3 Å². The molecule has 0 radical (unpaired) electrons. The summed E-state index contributed by atoms with van der Waals surface area (Å²) in [5.74, 6) is -1.08. The Morgan fingerprint density at radius 1 is 0.967 bits per heavy atom. The molecule has 0 unspecified atom stereocenters. The lowest BCUT2D eigenvalue weighted by atomic mass is 9.97. The van der Waals surface area contributed by atoms with Gasteiger partial charge >= 0.3 is 12.0 Å². The Morgan fingerprint density at radius 3 is 2.30 bits per heavy atom. The van der Waals surface area contributed by atoms with Crippen molar-refractivity contribution in [2.24, 2.45) is 5.92 Å². The van der Waals surface area contributed by atoms with E-state index in [2.05, 4.69) is 10.6 Å². The third-order valence-electron chi connectivity index (χ3n) is 5.09. The minimum Gasteiger partial charge on any atom is -0.452 e. The number of hydrogen-bond acceptors (Lipinski definition) is 4. The highest BCUT2D eigenvalue weighted by molar-refractivity contribution is 5.95. The molecule has 2 N–H and O–H groups in total. The average molecular weight is 409 g/mol. The fourth-order valence-corrected chi connectivity index (χ4v) is 3.33. The van der Waals surface area contributed by atoms with Crippen LogP contribution in [0.5, 0.6) is 0 Å². The molecule has 0 aliphatic carbocycles. The number of carbonyl (C=O) groups excluding carboxylic acids is 3. The highest BCUT2D eigenvalue weighted by Crippen LogP contribution is 2.21. The summed E-state index contributed by atoms with van der Waals surface area (Å²) in [6.07, 6.45) is 0.123. The predicted octanol–water partition coefficient (Wildman–Crippen LogP) is 3.81. The van der Waals surface area contributed by atoms with Gasteiger partial charge in [-0.25, -0.2) is 4.79 Å². The molecule has 1 aliphatic heterocycles. The second kappa shape index (κ2) is 9.91. The monoisotopic (exact) mass is 409 g/mol. The topological polar surface area (TPSA) is 87.7 Å². The zero-order chi connectivity index (χ0) is 21.5. The highest BCUT2D eigenvalue weighted by atomic mass is 16.5. The van der Waals surface area contributed by atoms with Crippen LogP contribution in [0.15, 0.2) is 54.6 Å². The van der Waals surface area contributed by atoms with Crippen LogP contribution in [0.25, 0.3) is 0 Å². The molecule has 1 saturated heterocycles. The normalized spacial score (nSPS) is 15.2. The standard InChI is InChI=1S/C23H27N3O4/c1-16-7-6-10-20(15-16)24-21(27)17(2)30-22(28)18-11-13-26(14-12-18)23(29)25-19-8-4-3-5-9-19/h3-10,15,17-18H,11-14H2,1-2H3,(H,24,27)(H,25,29)/t17-/m1/s1. The molecular weight excluding hydrogens is 382 g/mol. The molecule has 0 aromatic heterocycles. The molecule has 0 saturated carbocycles. The SMILES string of the molecule is Cc1cccc(NC(=O)[C@@H](C)OC(=O)C2CCN(C(=O)Nc3ccccc3)CC2)c1. The van der Waals surface area contributed by atoms with E-state index in [0.717, 1.165) is 11.3 Å². The van der Waals surface area contributed by atoms with Crippen molar-refractivity contribution >= 4 is 29.3 Å². The largest absolute Gasteiger partial charge is 0.452 e. The Bertz CT molecular complexity index is 892. The van der Waals surface area contributed by atoms with Gasteiger partial charge in [0.1, 0.15) is 0 Å². The zero-order valence-electron chi connectivity index (χ0n) is 17.3. The van der Waals surface area contributed by atoms with Crippen LogP contribution in [0.4, 0.5) is 16.2 Å². The molecule has 2 aromatic rings. The van der Waals surface area contributed by atoms with E-state index in [-0.39, 0.29) is 17.9 Å². The van der Waals surface area contributed by atoms with Gasteiger partial charge in [-0.3, -0.25) is 9.59 Å². The lowest BCUT2D eigenvalue weighted by Crippen LogP contribution is -2.43. The molecule has 0 spiro atoms. The van der Waals surface area contributed by atoms with Gasteiger partial charge in [-0.2, -0.15) is 0 Å². The van der Waals surface area contributed by atoms with Crippen molar-refractivity contribution < 1.29 is 19.1 Å². The first-order chi connectivity index (χ1) is 14.4. The maximum Gasteiger partial charge on any atom is 0.321 e. The molecule has 3 amide bonds. The highest BCUT2D eigenvalue weighted by Gasteiger charge is 2.30. The lowest BCUT2D eigenvalue weighted by molar-refractivity contribution is -0.158. The van der Waals surface area contributed by atoms with Crippen molar-refractivity contribution in [1.82, 2.24) is 4.90 Å². The Kier molecular flexibility index (Phi) is 7.06. The first kappa shape index (κ1) is 21.4. The van der Waals surface area contributed by atoms with Gasteiger partial charge in [0, 0.05) is 24.5 Å². The van der Waals surface area contributed by atoms with Crippen molar-refractivity contribution in [2.75, 3.05) is 23.7 Å². The number of carbonyl (C=O) groups is 3. The first-order valence-corrected chi connectivity index (χ1v) is 10.1. The maximum absolute atomic E-state index is 12.5. The summed E-state index contributed by atoms with van der Waals surface area (Å²) in [5, 5.41) is 5.61. The Morgan fingerprint density at radius 2 is 1.63 bits per heavy atom. The molecule has 158 valence electrons. The molecule has 3 rings (SSSR count). The summed E-state index contributed by atoms with van der Waals surface area (Å²) in [7, 11) is 0. The van der Waals surface area contributed by atoms with E-state index in [0.29, 0.717) is 31.6 Å². The number of anilines is 2. The van der Waals surface area contributed by atoms with E-state index >= 15 is 0 Å². The number of nitrogens with one attached hydrogen (secondary N) is 2. The van der Waals surface area contributed by atoms with E-state index in [1.165, 1.54) is 0 Å². The zero-order valence-corrected chi connectivity index (χ0v) is 17.3. The van der Waals surface area contributed by atoms with Crippen molar-refractivity contribution in [3.63, 3.8) is 0 Å². The van der Waals surface area contributed by atoms with Crippen LogP contribution >= 0.6 is 0 Å². The van der Waals surface area contributed by atoms with Crippen LogP contribution in [0, 0.1) is 12.8 Å². The number of para-hydroxylation sites is 1. The van der Waals surface area contributed by atoms with E-state index in [4.69, 9.17) is 4.74 Å². The predicted molar refractivity (Wildman–Crippen MR) is 115 cm³/mol. The number of benzene rings is 2. The number of aryl methyl sites for hydroxylation is 1. The fourth-order valence-electron chi connectivity index (χ4n) is 3.33. The number of piperidine rings is 1. The van der Waals surface area contributed by atoms with Crippen LogP contribution in [-0.4, -0.2) is 42.0 Å². The lowest BCUT2D eigenvalue weighted by Gasteiger charge is -2.31. The minimum atomic E-state index is -0.891. The summed E-state index contributed by atoms with van der Waals surface area (Å²) in [6, 6.07) is 16.5. The van der Waals surface area contributed by atoms with Gasteiger partial charge < -0.3 is 20.3 Å².